The molecule has 0 aliphatic heterocycles. The van der Waals surface area contributed by atoms with Crippen molar-refractivity contribution >= 4 is 50.4 Å². The number of aromatic nitrogens is 1. The van der Waals surface area contributed by atoms with Gasteiger partial charge in [-0.05, 0) is 43.3 Å². The lowest BCUT2D eigenvalue weighted by atomic mass is 10.3. The fourth-order valence-corrected chi connectivity index (χ4v) is 2.91. The lowest BCUT2D eigenvalue weighted by molar-refractivity contribution is -0.115. The summed E-state index contributed by atoms with van der Waals surface area (Å²) in [4.78, 5) is 16.6. The summed E-state index contributed by atoms with van der Waals surface area (Å²) in [6, 6.07) is 15.0. The lowest BCUT2D eigenvalue weighted by Gasteiger charge is -2.09. The van der Waals surface area contributed by atoms with Gasteiger partial charge in [0.15, 0.2) is 5.58 Å². The van der Waals surface area contributed by atoms with Crippen LogP contribution < -0.4 is 5.32 Å². The van der Waals surface area contributed by atoms with Gasteiger partial charge < -0.3 is 9.73 Å². The molecule has 1 aromatic heterocycles. The third-order valence-corrected chi connectivity index (χ3v) is 4.51. The first-order chi connectivity index (χ1) is 10.6. The van der Waals surface area contributed by atoms with Crippen LogP contribution in [0.3, 0.4) is 0 Å². The van der Waals surface area contributed by atoms with E-state index in [1.165, 1.54) is 11.8 Å². The number of anilines is 1. The Morgan fingerprint density at radius 3 is 2.68 bits per heavy atom. The Hall–Kier alpha value is -1.79. The van der Waals surface area contributed by atoms with Crippen LogP contribution in [0.5, 0.6) is 0 Å². The van der Waals surface area contributed by atoms with E-state index in [9.17, 15) is 4.79 Å². The van der Waals surface area contributed by atoms with Crippen LogP contribution in [0.15, 0.2) is 62.6 Å². The smallest absolute Gasteiger partial charge is 0.257 e. The summed E-state index contributed by atoms with van der Waals surface area (Å²) in [6.45, 7) is 1.83. The highest BCUT2D eigenvalue weighted by Gasteiger charge is 2.18. The van der Waals surface area contributed by atoms with E-state index in [4.69, 9.17) is 4.42 Å². The molecule has 3 aromatic rings. The van der Waals surface area contributed by atoms with Crippen LogP contribution in [-0.2, 0) is 4.79 Å². The minimum atomic E-state index is -0.309. The number of benzene rings is 2. The Labute approximate surface area is 140 Å². The van der Waals surface area contributed by atoms with Crippen molar-refractivity contribution in [3.63, 3.8) is 0 Å². The van der Waals surface area contributed by atoms with Crippen LogP contribution in [0, 0.1) is 0 Å². The molecule has 0 spiro atoms. The van der Waals surface area contributed by atoms with Gasteiger partial charge in [0.1, 0.15) is 5.52 Å². The number of carbonyl (C=O) groups is 1. The summed E-state index contributed by atoms with van der Waals surface area (Å²) in [7, 11) is 0. The molecule has 0 saturated heterocycles. The SMILES string of the molecule is C[C@@H](Sc1nc2ccccc2o1)C(=O)Nc1ccc(Br)cc1. The van der Waals surface area contributed by atoms with Gasteiger partial charge in [-0.1, -0.05) is 39.8 Å². The van der Waals surface area contributed by atoms with Crippen LogP contribution >= 0.6 is 27.7 Å². The van der Waals surface area contributed by atoms with Gasteiger partial charge in [-0.2, -0.15) is 0 Å². The van der Waals surface area contributed by atoms with Crippen molar-refractivity contribution in [2.45, 2.75) is 17.4 Å². The molecule has 0 aliphatic rings. The Morgan fingerprint density at radius 1 is 1.23 bits per heavy atom. The normalized spacial score (nSPS) is 12.3. The number of oxazole rings is 1. The quantitative estimate of drug-likeness (QED) is 0.669. The summed E-state index contributed by atoms with van der Waals surface area (Å²) in [5, 5.41) is 3.06. The summed E-state index contributed by atoms with van der Waals surface area (Å²) in [6.07, 6.45) is 0. The Bertz CT molecular complexity index is 768. The van der Waals surface area contributed by atoms with Crippen LogP contribution in [0.4, 0.5) is 5.69 Å². The molecule has 0 aliphatic carbocycles. The highest BCUT2D eigenvalue weighted by Crippen LogP contribution is 2.27. The lowest BCUT2D eigenvalue weighted by Crippen LogP contribution is -2.22. The molecule has 0 fully saturated rings. The predicted molar refractivity (Wildman–Crippen MR) is 92.1 cm³/mol. The van der Waals surface area contributed by atoms with Crippen molar-refractivity contribution < 1.29 is 9.21 Å². The zero-order chi connectivity index (χ0) is 15.5. The van der Waals surface area contributed by atoms with E-state index in [0.717, 1.165) is 21.3 Å². The number of fused-ring (bicyclic) bond motifs is 1. The van der Waals surface area contributed by atoms with Crippen molar-refractivity contribution in [3.05, 3.63) is 53.0 Å². The van der Waals surface area contributed by atoms with Gasteiger partial charge >= 0.3 is 0 Å². The average molecular weight is 377 g/mol. The zero-order valence-corrected chi connectivity index (χ0v) is 14.1. The minimum absolute atomic E-state index is 0.0884. The molecule has 1 N–H and O–H groups in total. The maximum absolute atomic E-state index is 12.2. The number of hydrogen-bond acceptors (Lipinski definition) is 4. The molecule has 0 saturated carbocycles. The number of para-hydroxylation sites is 2. The van der Waals surface area contributed by atoms with E-state index in [1.54, 1.807) is 0 Å². The topological polar surface area (TPSA) is 55.1 Å². The van der Waals surface area contributed by atoms with Crippen LogP contribution in [0.1, 0.15) is 6.92 Å². The standard InChI is InChI=1S/C16H13BrN2O2S/c1-10(15(20)18-12-8-6-11(17)7-9-12)22-16-19-13-4-2-3-5-14(13)21-16/h2-10H,1H3,(H,18,20)/t10-/m1/s1. The first-order valence-electron chi connectivity index (χ1n) is 6.70. The minimum Gasteiger partial charge on any atom is -0.431 e. The van der Waals surface area contributed by atoms with Gasteiger partial charge in [-0.25, -0.2) is 4.98 Å². The van der Waals surface area contributed by atoms with E-state index in [2.05, 4.69) is 26.2 Å². The van der Waals surface area contributed by atoms with Crippen LogP contribution in [0.2, 0.25) is 0 Å². The maximum Gasteiger partial charge on any atom is 0.257 e. The van der Waals surface area contributed by atoms with Crippen LogP contribution in [0.25, 0.3) is 11.1 Å². The van der Waals surface area contributed by atoms with Crippen molar-refractivity contribution in [1.29, 1.82) is 0 Å². The summed E-state index contributed by atoms with van der Waals surface area (Å²) in [5.74, 6) is -0.0884. The van der Waals surface area contributed by atoms with E-state index in [-0.39, 0.29) is 11.2 Å². The van der Waals surface area contributed by atoms with Crippen molar-refractivity contribution in [2.24, 2.45) is 0 Å². The third kappa shape index (κ3) is 3.51. The molecule has 6 heteroatoms. The molecule has 0 radical (unpaired) electrons. The van der Waals surface area contributed by atoms with E-state index >= 15 is 0 Å². The predicted octanol–water partition coefficient (Wildman–Crippen LogP) is 4.71. The fraction of sp³-hybridized carbons (Fsp3) is 0.125. The summed E-state index contributed by atoms with van der Waals surface area (Å²) < 4.78 is 6.59. The number of nitrogens with zero attached hydrogens (tertiary/aromatic N) is 1. The van der Waals surface area contributed by atoms with E-state index in [0.29, 0.717) is 5.22 Å². The molecule has 1 heterocycles. The number of thioether (sulfide) groups is 1. The van der Waals surface area contributed by atoms with Crippen molar-refractivity contribution in [2.75, 3.05) is 5.32 Å². The molecule has 0 unspecified atom stereocenters. The van der Waals surface area contributed by atoms with Crippen molar-refractivity contribution in [3.8, 4) is 0 Å². The fourth-order valence-electron chi connectivity index (χ4n) is 1.88. The molecule has 1 atom stereocenters. The summed E-state index contributed by atoms with van der Waals surface area (Å²) in [5.41, 5.74) is 2.29. The Balaban J connectivity index is 1.66. The van der Waals surface area contributed by atoms with Gasteiger partial charge in [0, 0.05) is 10.2 Å². The second kappa shape index (κ2) is 6.54. The molecule has 0 bridgehead atoms. The number of nitrogens with one attached hydrogen (secondary N) is 1. The second-order valence-corrected chi connectivity index (χ2v) is 6.91. The van der Waals surface area contributed by atoms with Gasteiger partial charge in [-0.15, -0.1) is 0 Å². The van der Waals surface area contributed by atoms with Crippen molar-refractivity contribution in [1.82, 2.24) is 4.98 Å². The summed E-state index contributed by atoms with van der Waals surface area (Å²) >= 11 is 4.66. The molecule has 2 aromatic carbocycles. The number of amides is 1. The molecule has 22 heavy (non-hydrogen) atoms. The first kappa shape index (κ1) is 15.1. The largest absolute Gasteiger partial charge is 0.431 e. The molecule has 4 nitrogen and oxygen atoms in total. The Kier molecular flexibility index (Phi) is 4.49. The third-order valence-electron chi connectivity index (χ3n) is 3.03. The second-order valence-electron chi connectivity index (χ2n) is 4.70. The van der Waals surface area contributed by atoms with E-state index < -0.39 is 0 Å². The highest BCUT2D eigenvalue weighted by atomic mass is 79.9. The molecular weight excluding hydrogens is 364 g/mol. The van der Waals surface area contributed by atoms with Gasteiger partial charge in [-0.3, -0.25) is 4.79 Å². The molecular formula is C16H13BrN2O2S. The average Bonchev–Trinajstić information content (AvgIpc) is 2.91. The van der Waals surface area contributed by atoms with Gasteiger partial charge in [0.25, 0.3) is 5.22 Å². The van der Waals surface area contributed by atoms with Gasteiger partial charge in [0.2, 0.25) is 5.91 Å². The number of hydrogen-bond donors (Lipinski definition) is 1. The zero-order valence-electron chi connectivity index (χ0n) is 11.7. The molecule has 1 amide bonds. The molecule has 3 rings (SSSR count). The number of carbonyl (C=O) groups excluding carboxylic acids is 1. The van der Waals surface area contributed by atoms with Gasteiger partial charge in [0.05, 0.1) is 5.25 Å². The molecule has 112 valence electrons. The van der Waals surface area contributed by atoms with E-state index in [1.807, 2.05) is 55.5 Å². The Morgan fingerprint density at radius 2 is 1.95 bits per heavy atom. The number of rotatable bonds is 4. The first-order valence-corrected chi connectivity index (χ1v) is 8.38. The highest BCUT2D eigenvalue weighted by molar-refractivity contribution is 9.10. The number of halogens is 1. The van der Waals surface area contributed by atoms with Crippen LogP contribution in [-0.4, -0.2) is 16.1 Å². The maximum atomic E-state index is 12.2. The monoisotopic (exact) mass is 376 g/mol.